The van der Waals surface area contributed by atoms with Crippen molar-refractivity contribution in [3.8, 4) is 5.75 Å². The van der Waals surface area contributed by atoms with Crippen molar-refractivity contribution in [1.82, 2.24) is 5.32 Å². The zero-order chi connectivity index (χ0) is 17.4. The van der Waals surface area contributed by atoms with Gasteiger partial charge in [0.15, 0.2) is 5.11 Å². The summed E-state index contributed by atoms with van der Waals surface area (Å²) in [5, 5.41) is 7.61. The molecular formula is C19H23ClN2OS. The number of methoxy groups -OCH3 is 1. The molecule has 0 heterocycles. The molecule has 0 aromatic heterocycles. The number of anilines is 1. The predicted molar refractivity (Wildman–Crippen MR) is 106 cm³/mol. The van der Waals surface area contributed by atoms with Gasteiger partial charge in [0.25, 0.3) is 0 Å². The molecule has 0 spiro atoms. The first kappa shape index (κ1) is 18.6. The Hall–Kier alpha value is -1.78. The van der Waals surface area contributed by atoms with Crippen LogP contribution in [0.5, 0.6) is 5.75 Å². The molecule has 0 amide bonds. The highest BCUT2D eigenvalue weighted by Crippen LogP contribution is 2.27. The number of halogens is 1. The molecule has 2 aromatic rings. The average molecular weight is 363 g/mol. The van der Waals surface area contributed by atoms with Crippen LogP contribution in [-0.2, 0) is 6.42 Å². The predicted octanol–water partition coefficient (Wildman–Crippen LogP) is 4.90. The minimum Gasteiger partial charge on any atom is -0.495 e. The van der Waals surface area contributed by atoms with Crippen molar-refractivity contribution in [2.45, 2.75) is 19.8 Å². The van der Waals surface area contributed by atoms with Crippen LogP contribution in [0.4, 0.5) is 5.69 Å². The standard InChI is InChI=1S/C19H23ClN2OS/c1-3-14(11-15-7-5-4-6-8-15)13-21-19(24)22-16-9-10-18(23-2)17(20)12-16/h4-10,12,14H,3,11,13H2,1-2H3,(H2,21,22,24)/t14-/m0/s1. The van der Waals surface area contributed by atoms with Crippen LogP contribution in [0, 0.1) is 5.92 Å². The van der Waals surface area contributed by atoms with E-state index in [1.807, 2.05) is 18.2 Å². The molecule has 0 unspecified atom stereocenters. The molecule has 3 nitrogen and oxygen atoms in total. The molecular weight excluding hydrogens is 340 g/mol. The first-order valence-electron chi connectivity index (χ1n) is 8.04. The summed E-state index contributed by atoms with van der Waals surface area (Å²) in [5.41, 5.74) is 2.20. The molecule has 1 atom stereocenters. The molecule has 24 heavy (non-hydrogen) atoms. The summed E-state index contributed by atoms with van der Waals surface area (Å²) < 4.78 is 5.15. The molecule has 2 aromatic carbocycles. The van der Waals surface area contributed by atoms with Gasteiger partial charge in [-0.15, -0.1) is 0 Å². The molecule has 0 aliphatic rings. The first-order chi connectivity index (χ1) is 11.6. The summed E-state index contributed by atoms with van der Waals surface area (Å²) in [4.78, 5) is 0. The summed E-state index contributed by atoms with van der Waals surface area (Å²) in [5.74, 6) is 1.18. The molecule has 2 rings (SSSR count). The van der Waals surface area contributed by atoms with Crippen molar-refractivity contribution < 1.29 is 4.74 Å². The van der Waals surface area contributed by atoms with Gasteiger partial charge < -0.3 is 15.4 Å². The van der Waals surface area contributed by atoms with Crippen LogP contribution in [0.2, 0.25) is 5.02 Å². The van der Waals surface area contributed by atoms with E-state index in [-0.39, 0.29) is 0 Å². The van der Waals surface area contributed by atoms with E-state index in [9.17, 15) is 0 Å². The van der Waals surface area contributed by atoms with Crippen LogP contribution in [-0.4, -0.2) is 18.8 Å². The maximum absolute atomic E-state index is 6.12. The van der Waals surface area contributed by atoms with E-state index in [4.69, 9.17) is 28.6 Å². The van der Waals surface area contributed by atoms with E-state index in [0.717, 1.165) is 25.1 Å². The van der Waals surface area contributed by atoms with E-state index < -0.39 is 0 Å². The molecule has 0 fully saturated rings. The van der Waals surface area contributed by atoms with Crippen LogP contribution in [0.1, 0.15) is 18.9 Å². The fourth-order valence-electron chi connectivity index (χ4n) is 2.46. The lowest BCUT2D eigenvalue weighted by molar-refractivity contribution is 0.415. The highest BCUT2D eigenvalue weighted by Gasteiger charge is 2.09. The number of rotatable bonds is 7. The molecule has 0 aliphatic heterocycles. The third kappa shape index (κ3) is 5.69. The average Bonchev–Trinajstić information content (AvgIpc) is 2.59. The van der Waals surface area contributed by atoms with Crippen molar-refractivity contribution in [2.24, 2.45) is 5.92 Å². The molecule has 0 bridgehead atoms. The minimum atomic E-state index is 0.534. The van der Waals surface area contributed by atoms with E-state index in [1.54, 1.807) is 13.2 Å². The maximum atomic E-state index is 6.12. The van der Waals surface area contributed by atoms with Crippen molar-refractivity contribution in [2.75, 3.05) is 19.0 Å². The Morgan fingerprint density at radius 3 is 2.58 bits per heavy atom. The fourth-order valence-corrected chi connectivity index (χ4v) is 2.92. The summed E-state index contributed by atoms with van der Waals surface area (Å²) in [7, 11) is 1.60. The first-order valence-corrected chi connectivity index (χ1v) is 8.83. The smallest absolute Gasteiger partial charge is 0.170 e. The van der Waals surface area contributed by atoms with Crippen LogP contribution in [0.25, 0.3) is 0 Å². The van der Waals surface area contributed by atoms with E-state index in [1.165, 1.54) is 5.56 Å². The Morgan fingerprint density at radius 1 is 1.21 bits per heavy atom. The Kier molecular flexibility index (Phi) is 7.35. The SMILES string of the molecule is CC[C@H](CNC(=S)Nc1ccc(OC)c(Cl)c1)Cc1ccccc1. The van der Waals surface area contributed by atoms with Gasteiger partial charge in [0, 0.05) is 12.2 Å². The molecule has 0 saturated carbocycles. The molecule has 2 N–H and O–H groups in total. The van der Waals surface area contributed by atoms with Gasteiger partial charge in [0.2, 0.25) is 0 Å². The van der Waals surface area contributed by atoms with Crippen LogP contribution in [0.3, 0.4) is 0 Å². The van der Waals surface area contributed by atoms with Gasteiger partial charge in [-0.1, -0.05) is 55.3 Å². The molecule has 128 valence electrons. The van der Waals surface area contributed by atoms with Gasteiger partial charge in [-0.3, -0.25) is 0 Å². The number of ether oxygens (including phenoxy) is 1. The maximum Gasteiger partial charge on any atom is 0.170 e. The lowest BCUT2D eigenvalue weighted by atomic mass is 9.97. The Bertz CT molecular complexity index is 664. The summed E-state index contributed by atoms with van der Waals surface area (Å²) in [6.45, 7) is 3.04. The fraction of sp³-hybridized carbons (Fsp3) is 0.316. The normalized spacial score (nSPS) is 11.6. The van der Waals surface area contributed by atoms with Crippen LogP contribution < -0.4 is 15.4 Å². The molecule has 5 heteroatoms. The molecule has 0 aliphatic carbocycles. The van der Waals surface area contributed by atoms with Gasteiger partial charge >= 0.3 is 0 Å². The number of hydrogen-bond donors (Lipinski definition) is 2. The highest BCUT2D eigenvalue weighted by atomic mass is 35.5. The number of benzene rings is 2. The highest BCUT2D eigenvalue weighted by molar-refractivity contribution is 7.80. The number of thiocarbonyl (C=S) groups is 1. The van der Waals surface area contributed by atoms with Gasteiger partial charge in [0.1, 0.15) is 5.75 Å². The molecule has 0 saturated heterocycles. The van der Waals surface area contributed by atoms with Crippen molar-refractivity contribution in [3.05, 3.63) is 59.1 Å². The quantitative estimate of drug-likeness (QED) is 0.686. The third-order valence-electron chi connectivity index (χ3n) is 3.91. The van der Waals surface area contributed by atoms with E-state index in [0.29, 0.717) is 21.8 Å². The largest absolute Gasteiger partial charge is 0.495 e. The summed E-state index contributed by atoms with van der Waals surface area (Å²) in [6, 6.07) is 16.0. The Balaban J connectivity index is 1.84. The van der Waals surface area contributed by atoms with Crippen molar-refractivity contribution in [3.63, 3.8) is 0 Å². The van der Waals surface area contributed by atoms with Crippen molar-refractivity contribution in [1.29, 1.82) is 0 Å². The summed E-state index contributed by atoms with van der Waals surface area (Å²) in [6.07, 6.45) is 2.14. The van der Waals surface area contributed by atoms with Crippen LogP contribution >= 0.6 is 23.8 Å². The second-order valence-corrected chi connectivity index (χ2v) is 6.46. The monoisotopic (exact) mass is 362 g/mol. The third-order valence-corrected chi connectivity index (χ3v) is 4.45. The lowest BCUT2D eigenvalue weighted by Gasteiger charge is -2.18. The van der Waals surface area contributed by atoms with Gasteiger partial charge in [0.05, 0.1) is 12.1 Å². The van der Waals surface area contributed by atoms with Gasteiger partial charge in [-0.2, -0.15) is 0 Å². The summed E-state index contributed by atoms with van der Waals surface area (Å²) >= 11 is 11.5. The minimum absolute atomic E-state index is 0.534. The van der Waals surface area contributed by atoms with Gasteiger partial charge in [-0.05, 0) is 48.3 Å². The Labute approximate surface area is 154 Å². The second kappa shape index (κ2) is 9.50. The zero-order valence-electron chi connectivity index (χ0n) is 14.0. The van der Waals surface area contributed by atoms with Crippen molar-refractivity contribution >= 4 is 34.6 Å². The van der Waals surface area contributed by atoms with E-state index in [2.05, 4.69) is 41.8 Å². The zero-order valence-corrected chi connectivity index (χ0v) is 15.6. The number of nitrogens with one attached hydrogen (secondary N) is 2. The lowest BCUT2D eigenvalue weighted by Crippen LogP contribution is -2.33. The molecule has 0 radical (unpaired) electrons. The van der Waals surface area contributed by atoms with E-state index >= 15 is 0 Å². The topological polar surface area (TPSA) is 33.3 Å². The number of hydrogen-bond acceptors (Lipinski definition) is 2. The van der Waals surface area contributed by atoms with Crippen LogP contribution in [0.15, 0.2) is 48.5 Å². The Morgan fingerprint density at radius 2 is 1.96 bits per heavy atom. The second-order valence-electron chi connectivity index (χ2n) is 5.65. The van der Waals surface area contributed by atoms with Gasteiger partial charge in [-0.25, -0.2) is 0 Å².